The number of rotatable bonds is 4. The van der Waals surface area contributed by atoms with E-state index < -0.39 is 0 Å². The smallest absolute Gasteiger partial charge is 0.222 e. The van der Waals surface area contributed by atoms with Gasteiger partial charge in [0, 0.05) is 49.1 Å². The molecule has 0 aliphatic carbocycles. The Labute approximate surface area is 123 Å². The standard InChI is InChI=1S/C16H17ClN2O/c17-9-12-7-16(20)19(11-12)6-5-15-8-13-3-1-2-4-14(13)10-18-15/h1-4,8,10,12H,5-7,9,11H2. The van der Waals surface area contributed by atoms with Crippen LogP contribution in [0.15, 0.2) is 36.5 Å². The summed E-state index contributed by atoms with van der Waals surface area (Å²) in [5, 5.41) is 2.35. The van der Waals surface area contributed by atoms with E-state index in [1.165, 1.54) is 5.39 Å². The van der Waals surface area contributed by atoms with E-state index in [9.17, 15) is 4.79 Å². The number of pyridine rings is 1. The SMILES string of the molecule is O=C1CC(CCl)CN1CCc1cc2ccccc2cn1. The topological polar surface area (TPSA) is 33.2 Å². The highest BCUT2D eigenvalue weighted by Gasteiger charge is 2.28. The van der Waals surface area contributed by atoms with Crippen molar-refractivity contribution in [2.75, 3.05) is 19.0 Å². The lowest BCUT2D eigenvalue weighted by Gasteiger charge is -2.15. The van der Waals surface area contributed by atoms with Gasteiger partial charge < -0.3 is 4.90 Å². The molecule has 1 unspecified atom stereocenters. The summed E-state index contributed by atoms with van der Waals surface area (Å²) in [6.07, 6.45) is 3.29. The van der Waals surface area contributed by atoms with Crippen molar-refractivity contribution < 1.29 is 4.79 Å². The number of halogens is 1. The van der Waals surface area contributed by atoms with E-state index >= 15 is 0 Å². The number of aromatic nitrogens is 1. The molecule has 4 heteroatoms. The number of carbonyl (C=O) groups excluding carboxylic acids is 1. The van der Waals surface area contributed by atoms with Crippen LogP contribution in [-0.2, 0) is 11.2 Å². The molecule has 0 radical (unpaired) electrons. The van der Waals surface area contributed by atoms with Crippen molar-refractivity contribution in [3.63, 3.8) is 0 Å². The van der Waals surface area contributed by atoms with Gasteiger partial charge in [-0.2, -0.15) is 0 Å². The number of alkyl halides is 1. The van der Waals surface area contributed by atoms with Crippen LogP contribution >= 0.6 is 11.6 Å². The van der Waals surface area contributed by atoms with Crippen LogP contribution in [0.25, 0.3) is 10.8 Å². The van der Waals surface area contributed by atoms with E-state index in [-0.39, 0.29) is 5.91 Å². The van der Waals surface area contributed by atoms with Gasteiger partial charge in [0.25, 0.3) is 0 Å². The predicted molar refractivity (Wildman–Crippen MR) is 80.9 cm³/mol. The van der Waals surface area contributed by atoms with Crippen LogP contribution < -0.4 is 0 Å². The molecule has 0 N–H and O–H groups in total. The Bertz CT molecular complexity index is 629. The molecule has 1 aliphatic rings. The normalized spacial score (nSPS) is 18.9. The molecule has 2 heterocycles. The largest absolute Gasteiger partial charge is 0.342 e. The third-order valence-electron chi connectivity index (χ3n) is 3.84. The van der Waals surface area contributed by atoms with Crippen molar-refractivity contribution >= 4 is 28.3 Å². The number of benzene rings is 1. The maximum absolute atomic E-state index is 11.8. The van der Waals surface area contributed by atoms with Crippen molar-refractivity contribution in [1.82, 2.24) is 9.88 Å². The number of likely N-dealkylation sites (tertiary alicyclic amines) is 1. The van der Waals surface area contributed by atoms with Gasteiger partial charge in [-0.3, -0.25) is 9.78 Å². The highest BCUT2D eigenvalue weighted by molar-refractivity contribution is 6.18. The molecule has 1 aliphatic heterocycles. The Morgan fingerprint density at radius 3 is 2.85 bits per heavy atom. The summed E-state index contributed by atoms with van der Waals surface area (Å²) in [5.41, 5.74) is 1.03. The molecular formula is C16H17ClN2O. The summed E-state index contributed by atoms with van der Waals surface area (Å²) in [6, 6.07) is 10.3. The van der Waals surface area contributed by atoms with Crippen molar-refractivity contribution in [1.29, 1.82) is 0 Å². The number of hydrogen-bond donors (Lipinski definition) is 0. The minimum absolute atomic E-state index is 0.219. The van der Waals surface area contributed by atoms with E-state index in [0.717, 1.165) is 30.6 Å². The van der Waals surface area contributed by atoms with E-state index in [2.05, 4.69) is 23.2 Å². The monoisotopic (exact) mass is 288 g/mol. The van der Waals surface area contributed by atoms with Gasteiger partial charge in [0.05, 0.1) is 0 Å². The third kappa shape index (κ3) is 2.78. The molecule has 0 bridgehead atoms. The summed E-state index contributed by atoms with van der Waals surface area (Å²) < 4.78 is 0. The molecular weight excluding hydrogens is 272 g/mol. The fourth-order valence-electron chi connectivity index (χ4n) is 2.69. The maximum Gasteiger partial charge on any atom is 0.222 e. The Morgan fingerprint density at radius 2 is 2.10 bits per heavy atom. The van der Waals surface area contributed by atoms with Gasteiger partial charge in [-0.05, 0) is 17.4 Å². The molecule has 0 saturated carbocycles. The number of nitrogens with zero attached hydrogens (tertiary/aromatic N) is 2. The van der Waals surface area contributed by atoms with Crippen LogP contribution in [0, 0.1) is 5.92 Å². The van der Waals surface area contributed by atoms with Crippen LogP contribution in [-0.4, -0.2) is 34.8 Å². The summed E-state index contributed by atoms with van der Waals surface area (Å²) >= 11 is 5.83. The molecule has 2 aromatic rings. The fourth-order valence-corrected chi connectivity index (χ4v) is 2.90. The maximum atomic E-state index is 11.8. The first kappa shape index (κ1) is 13.4. The molecule has 1 aromatic heterocycles. The lowest BCUT2D eigenvalue weighted by molar-refractivity contribution is -0.127. The van der Waals surface area contributed by atoms with Crippen molar-refractivity contribution in [2.45, 2.75) is 12.8 Å². The lowest BCUT2D eigenvalue weighted by Crippen LogP contribution is -2.27. The Morgan fingerprint density at radius 1 is 1.30 bits per heavy atom. The highest BCUT2D eigenvalue weighted by Crippen LogP contribution is 2.19. The van der Waals surface area contributed by atoms with Crippen LogP contribution in [0.5, 0.6) is 0 Å². The van der Waals surface area contributed by atoms with Gasteiger partial charge in [-0.1, -0.05) is 24.3 Å². The molecule has 1 amide bonds. The highest BCUT2D eigenvalue weighted by atomic mass is 35.5. The van der Waals surface area contributed by atoms with E-state index in [1.54, 1.807) is 0 Å². The van der Waals surface area contributed by atoms with Crippen molar-refractivity contribution in [2.24, 2.45) is 5.92 Å². The van der Waals surface area contributed by atoms with Gasteiger partial charge in [0.15, 0.2) is 0 Å². The first-order valence-corrected chi connectivity index (χ1v) is 7.47. The quantitative estimate of drug-likeness (QED) is 0.811. The van der Waals surface area contributed by atoms with E-state index in [4.69, 9.17) is 11.6 Å². The minimum atomic E-state index is 0.219. The van der Waals surface area contributed by atoms with Gasteiger partial charge in [0.1, 0.15) is 0 Å². The molecule has 3 nitrogen and oxygen atoms in total. The Hall–Kier alpha value is -1.61. The zero-order valence-corrected chi connectivity index (χ0v) is 12.0. The molecule has 104 valence electrons. The molecule has 3 rings (SSSR count). The molecule has 1 atom stereocenters. The number of hydrogen-bond acceptors (Lipinski definition) is 2. The predicted octanol–water partition coefficient (Wildman–Crippen LogP) is 2.86. The molecule has 1 saturated heterocycles. The first-order chi connectivity index (χ1) is 9.76. The summed E-state index contributed by atoms with van der Waals surface area (Å²) in [6.45, 7) is 1.52. The van der Waals surface area contributed by atoms with Crippen LogP contribution in [0.4, 0.5) is 0 Å². The summed E-state index contributed by atoms with van der Waals surface area (Å²) in [7, 11) is 0. The average Bonchev–Trinajstić information content (AvgIpc) is 2.85. The Balaban J connectivity index is 1.66. The van der Waals surface area contributed by atoms with Crippen LogP contribution in [0.3, 0.4) is 0 Å². The lowest BCUT2D eigenvalue weighted by atomic mass is 10.1. The van der Waals surface area contributed by atoms with Gasteiger partial charge in [-0.25, -0.2) is 0 Å². The van der Waals surface area contributed by atoms with Crippen molar-refractivity contribution in [3.05, 3.63) is 42.2 Å². The van der Waals surface area contributed by atoms with Gasteiger partial charge in [-0.15, -0.1) is 11.6 Å². The second-order valence-corrected chi connectivity index (χ2v) is 5.65. The van der Waals surface area contributed by atoms with Crippen LogP contribution in [0.1, 0.15) is 12.1 Å². The average molecular weight is 289 g/mol. The number of carbonyl (C=O) groups is 1. The summed E-state index contributed by atoms with van der Waals surface area (Å²) in [4.78, 5) is 18.2. The summed E-state index contributed by atoms with van der Waals surface area (Å²) in [5.74, 6) is 1.10. The number of fused-ring (bicyclic) bond motifs is 1. The van der Waals surface area contributed by atoms with Gasteiger partial charge >= 0.3 is 0 Å². The second-order valence-electron chi connectivity index (χ2n) is 5.34. The molecule has 0 spiro atoms. The van der Waals surface area contributed by atoms with Crippen LogP contribution in [0.2, 0.25) is 0 Å². The molecule has 1 aromatic carbocycles. The van der Waals surface area contributed by atoms with Crippen molar-refractivity contribution in [3.8, 4) is 0 Å². The number of amides is 1. The molecule has 20 heavy (non-hydrogen) atoms. The van der Waals surface area contributed by atoms with E-state index in [0.29, 0.717) is 18.2 Å². The first-order valence-electron chi connectivity index (χ1n) is 6.93. The van der Waals surface area contributed by atoms with Gasteiger partial charge in [0.2, 0.25) is 5.91 Å². The zero-order chi connectivity index (χ0) is 13.9. The fraction of sp³-hybridized carbons (Fsp3) is 0.375. The Kier molecular flexibility index (Phi) is 3.88. The van der Waals surface area contributed by atoms with E-state index in [1.807, 2.05) is 23.2 Å². The zero-order valence-electron chi connectivity index (χ0n) is 11.3. The molecule has 1 fully saturated rings. The second kappa shape index (κ2) is 5.80. The minimum Gasteiger partial charge on any atom is -0.342 e. The third-order valence-corrected chi connectivity index (χ3v) is 4.27.